The second kappa shape index (κ2) is 12.4. The van der Waals surface area contributed by atoms with Gasteiger partial charge in [0.15, 0.2) is 11.5 Å². The highest BCUT2D eigenvalue weighted by atomic mass is 16.5. The number of hydrogen-bond acceptors (Lipinski definition) is 6. The van der Waals surface area contributed by atoms with E-state index in [2.05, 4.69) is 34.0 Å². The molecule has 0 aliphatic heterocycles. The van der Waals surface area contributed by atoms with Crippen LogP contribution >= 0.6 is 0 Å². The molecule has 0 bridgehead atoms. The summed E-state index contributed by atoms with van der Waals surface area (Å²) in [6.45, 7) is 4.52. The van der Waals surface area contributed by atoms with E-state index in [0.717, 1.165) is 16.3 Å². The van der Waals surface area contributed by atoms with E-state index in [1.54, 1.807) is 50.4 Å². The van der Waals surface area contributed by atoms with Crippen LogP contribution in [0.15, 0.2) is 90.0 Å². The molecule has 0 aliphatic rings. The molecule has 8 heteroatoms. The largest absolute Gasteiger partial charge is 0.494 e. The molecule has 0 fully saturated rings. The van der Waals surface area contributed by atoms with Crippen molar-refractivity contribution in [1.29, 1.82) is 0 Å². The number of methoxy groups -OCH3 is 1. The van der Waals surface area contributed by atoms with Crippen molar-refractivity contribution in [2.45, 2.75) is 20.5 Å². The normalized spacial score (nSPS) is 11.1. The molecule has 0 unspecified atom stereocenters. The monoisotopic (exact) mass is 511 g/mol. The third-order valence-corrected chi connectivity index (χ3v) is 5.80. The molecule has 4 rings (SSSR count). The van der Waals surface area contributed by atoms with Gasteiger partial charge in [-0.3, -0.25) is 9.59 Å². The number of carbonyl (C=O) groups excluding carboxylic acids is 2. The average molecular weight is 512 g/mol. The molecule has 4 aromatic rings. The van der Waals surface area contributed by atoms with Crippen molar-refractivity contribution in [3.63, 3.8) is 0 Å². The Morgan fingerprint density at radius 2 is 1.61 bits per heavy atom. The Kier molecular flexibility index (Phi) is 8.56. The van der Waals surface area contributed by atoms with Crippen LogP contribution in [0.4, 0.5) is 5.69 Å². The number of benzene rings is 4. The maximum absolute atomic E-state index is 12.2. The van der Waals surface area contributed by atoms with E-state index in [0.29, 0.717) is 47.4 Å². The van der Waals surface area contributed by atoms with Gasteiger partial charge in [-0.2, -0.15) is 5.10 Å². The molecule has 194 valence electrons. The second-order valence-electron chi connectivity index (χ2n) is 8.34. The Balaban J connectivity index is 1.38. The lowest BCUT2D eigenvalue weighted by Gasteiger charge is -2.13. The molecule has 0 saturated carbocycles. The summed E-state index contributed by atoms with van der Waals surface area (Å²) < 4.78 is 17.0. The van der Waals surface area contributed by atoms with Crippen LogP contribution in [-0.4, -0.2) is 31.2 Å². The lowest BCUT2D eigenvalue weighted by atomic mass is 10.1. The Morgan fingerprint density at radius 3 is 2.37 bits per heavy atom. The predicted octanol–water partition coefficient (Wildman–Crippen LogP) is 5.31. The van der Waals surface area contributed by atoms with Gasteiger partial charge in [0, 0.05) is 11.3 Å². The maximum Gasteiger partial charge on any atom is 0.329 e. The quantitative estimate of drug-likeness (QED) is 0.180. The first kappa shape index (κ1) is 26.2. The number of amides is 2. The minimum absolute atomic E-state index is 0.379. The Labute approximate surface area is 221 Å². The van der Waals surface area contributed by atoms with Crippen LogP contribution in [0.5, 0.6) is 17.2 Å². The summed E-state index contributed by atoms with van der Waals surface area (Å²) in [7, 11) is 1.56. The molecule has 2 amide bonds. The van der Waals surface area contributed by atoms with Crippen LogP contribution in [0.2, 0.25) is 0 Å². The Hall–Kier alpha value is -4.85. The van der Waals surface area contributed by atoms with Crippen LogP contribution < -0.4 is 25.0 Å². The number of ether oxygens (including phenoxy) is 3. The third-order valence-electron chi connectivity index (χ3n) is 5.80. The zero-order valence-corrected chi connectivity index (χ0v) is 21.5. The third kappa shape index (κ3) is 6.47. The first-order chi connectivity index (χ1) is 18.5. The predicted molar refractivity (Wildman–Crippen MR) is 148 cm³/mol. The van der Waals surface area contributed by atoms with Gasteiger partial charge in [0.1, 0.15) is 12.4 Å². The van der Waals surface area contributed by atoms with Gasteiger partial charge in [-0.15, -0.1) is 0 Å². The minimum Gasteiger partial charge on any atom is -0.494 e. The van der Waals surface area contributed by atoms with E-state index in [9.17, 15) is 9.59 Å². The summed E-state index contributed by atoms with van der Waals surface area (Å²) in [5.41, 5.74) is 5.02. The highest BCUT2D eigenvalue weighted by molar-refractivity contribution is 6.39. The number of fused-ring (bicyclic) bond motifs is 1. The smallest absolute Gasteiger partial charge is 0.329 e. The summed E-state index contributed by atoms with van der Waals surface area (Å²) in [6, 6.07) is 26.4. The molecule has 0 saturated heterocycles. The maximum atomic E-state index is 12.2. The summed E-state index contributed by atoms with van der Waals surface area (Å²) in [5.74, 6) is 0.0592. The molecular weight excluding hydrogens is 482 g/mol. The standard InChI is InChI=1S/C30H29N3O5/c1-4-37-25-15-13-24(14-16-25)31-29(34)30(35)33-32-20(2)22-12-17-27(28(18-22)36-3)38-19-23-10-7-9-21-8-5-6-11-26(21)23/h5-18H,4,19H2,1-3H3,(H,31,34)(H,33,35)/b32-20+. The van der Waals surface area contributed by atoms with E-state index >= 15 is 0 Å². The lowest BCUT2D eigenvalue weighted by Crippen LogP contribution is -2.32. The zero-order chi connectivity index (χ0) is 26.9. The van der Waals surface area contributed by atoms with Crippen molar-refractivity contribution in [1.82, 2.24) is 5.43 Å². The highest BCUT2D eigenvalue weighted by Gasteiger charge is 2.14. The molecule has 0 aromatic heterocycles. The average Bonchev–Trinajstić information content (AvgIpc) is 2.95. The van der Waals surface area contributed by atoms with Crippen LogP contribution in [-0.2, 0) is 16.2 Å². The minimum atomic E-state index is -0.889. The van der Waals surface area contributed by atoms with E-state index in [4.69, 9.17) is 14.2 Å². The van der Waals surface area contributed by atoms with Gasteiger partial charge in [-0.1, -0.05) is 42.5 Å². The van der Waals surface area contributed by atoms with Crippen LogP contribution in [0.3, 0.4) is 0 Å². The van der Waals surface area contributed by atoms with Crippen LogP contribution in [0.25, 0.3) is 10.8 Å². The van der Waals surface area contributed by atoms with E-state index in [1.165, 1.54) is 0 Å². The van der Waals surface area contributed by atoms with E-state index in [-0.39, 0.29) is 0 Å². The lowest BCUT2D eigenvalue weighted by molar-refractivity contribution is -0.136. The molecule has 4 aromatic carbocycles. The fourth-order valence-corrected chi connectivity index (χ4v) is 3.82. The number of anilines is 1. The number of nitrogens with zero attached hydrogens (tertiary/aromatic N) is 1. The zero-order valence-electron chi connectivity index (χ0n) is 21.5. The summed E-state index contributed by atoms with van der Waals surface area (Å²) in [6.07, 6.45) is 0. The first-order valence-electron chi connectivity index (χ1n) is 12.1. The number of hydrogen-bond donors (Lipinski definition) is 2. The van der Waals surface area contributed by atoms with Gasteiger partial charge in [0.05, 0.1) is 19.4 Å². The molecule has 0 spiro atoms. The Morgan fingerprint density at radius 1 is 0.842 bits per heavy atom. The van der Waals surface area contributed by atoms with Crippen molar-refractivity contribution >= 4 is 34.0 Å². The molecule has 0 aliphatic carbocycles. The summed E-state index contributed by atoms with van der Waals surface area (Å²) in [5, 5.41) is 8.88. The topological polar surface area (TPSA) is 98.2 Å². The van der Waals surface area contributed by atoms with Crippen LogP contribution in [0, 0.1) is 0 Å². The van der Waals surface area contributed by atoms with Crippen molar-refractivity contribution in [3.05, 3.63) is 96.1 Å². The first-order valence-corrected chi connectivity index (χ1v) is 12.1. The number of carbonyl (C=O) groups is 2. The van der Waals surface area contributed by atoms with Gasteiger partial charge in [-0.05, 0) is 72.6 Å². The number of rotatable bonds is 9. The van der Waals surface area contributed by atoms with Gasteiger partial charge >= 0.3 is 11.8 Å². The molecule has 38 heavy (non-hydrogen) atoms. The molecule has 8 nitrogen and oxygen atoms in total. The van der Waals surface area contributed by atoms with Gasteiger partial charge in [0.2, 0.25) is 0 Å². The van der Waals surface area contributed by atoms with Crippen molar-refractivity contribution in [2.75, 3.05) is 19.0 Å². The second-order valence-corrected chi connectivity index (χ2v) is 8.34. The molecular formula is C30H29N3O5. The van der Waals surface area contributed by atoms with Crippen LogP contribution in [0.1, 0.15) is 25.0 Å². The van der Waals surface area contributed by atoms with Gasteiger partial charge in [-0.25, -0.2) is 5.43 Å². The van der Waals surface area contributed by atoms with Crippen molar-refractivity contribution in [3.8, 4) is 17.2 Å². The van der Waals surface area contributed by atoms with Crippen molar-refractivity contribution < 1.29 is 23.8 Å². The highest BCUT2D eigenvalue weighted by Crippen LogP contribution is 2.30. The number of hydrazone groups is 1. The summed E-state index contributed by atoms with van der Waals surface area (Å²) >= 11 is 0. The fourth-order valence-electron chi connectivity index (χ4n) is 3.82. The summed E-state index contributed by atoms with van der Waals surface area (Å²) in [4.78, 5) is 24.5. The van der Waals surface area contributed by atoms with E-state index in [1.807, 2.05) is 37.3 Å². The number of nitrogens with one attached hydrogen (secondary N) is 2. The molecule has 2 N–H and O–H groups in total. The molecule has 0 radical (unpaired) electrons. The SMILES string of the molecule is CCOc1ccc(NC(=O)C(=O)N/N=C(\C)c2ccc(OCc3cccc4ccccc34)c(OC)c2)cc1. The Bertz CT molecular complexity index is 1460. The molecule has 0 heterocycles. The molecule has 0 atom stereocenters. The van der Waals surface area contributed by atoms with Crippen molar-refractivity contribution in [2.24, 2.45) is 5.10 Å². The fraction of sp³-hybridized carbons (Fsp3) is 0.167. The van der Waals surface area contributed by atoms with Gasteiger partial charge < -0.3 is 19.5 Å². The van der Waals surface area contributed by atoms with Gasteiger partial charge in [0.25, 0.3) is 0 Å². The van der Waals surface area contributed by atoms with E-state index < -0.39 is 11.8 Å².